The van der Waals surface area contributed by atoms with Crippen LogP contribution in [0.15, 0.2) is 60.7 Å². The maximum atomic E-state index is 12.5. The molecule has 0 aliphatic carbocycles. The number of benzene rings is 3. The van der Waals surface area contributed by atoms with Crippen LogP contribution in [-0.4, -0.2) is 57.3 Å². The summed E-state index contributed by atoms with van der Waals surface area (Å²) in [6.45, 7) is 1.91. The number of methoxy groups -OCH3 is 5. The Morgan fingerprint density at radius 3 is 1.91 bits per heavy atom. The molecule has 0 saturated heterocycles. The summed E-state index contributed by atoms with van der Waals surface area (Å²) in [6.07, 6.45) is 9.17. The fourth-order valence-corrected chi connectivity index (χ4v) is 4.32. The second-order valence-electron chi connectivity index (χ2n) is 9.44. The fraction of sp³-hybridized carbons (Fsp3) is 0.235. The Bertz CT molecular complexity index is 1550. The molecule has 9 heteroatoms. The molecule has 9 nitrogen and oxygen atoms in total. The lowest BCUT2D eigenvalue weighted by molar-refractivity contribution is -0.121. The van der Waals surface area contributed by atoms with E-state index in [4.69, 9.17) is 23.7 Å². The molecule has 0 saturated carbocycles. The molecule has 2 N–H and O–H groups in total. The summed E-state index contributed by atoms with van der Waals surface area (Å²) in [4.78, 5) is 24.9. The van der Waals surface area contributed by atoms with Crippen LogP contribution in [0.4, 0.5) is 0 Å². The zero-order valence-electron chi connectivity index (χ0n) is 25.0. The molecular weight excluding hydrogens is 552 g/mol. The molecule has 0 aromatic heterocycles. The summed E-state index contributed by atoms with van der Waals surface area (Å²) in [6, 6.07) is 11.6. The van der Waals surface area contributed by atoms with E-state index in [0.717, 1.165) is 5.56 Å². The Labute approximate surface area is 251 Å². The van der Waals surface area contributed by atoms with Crippen LogP contribution < -0.4 is 23.7 Å². The predicted molar refractivity (Wildman–Crippen MR) is 166 cm³/mol. The summed E-state index contributed by atoms with van der Waals surface area (Å²) in [5.74, 6) is 0.981. The monoisotopic (exact) mass is 588 g/mol. The van der Waals surface area contributed by atoms with Gasteiger partial charge in [-0.2, -0.15) is 0 Å². The molecule has 226 valence electrons. The molecule has 1 unspecified atom stereocenters. The zero-order chi connectivity index (χ0) is 31.5. The highest BCUT2D eigenvalue weighted by Crippen LogP contribution is 2.41. The second-order valence-corrected chi connectivity index (χ2v) is 9.44. The van der Waals surface area contributed by atoms with E-state index in [2.05, 4.69) is 0 Å². The fourth-order valence-electron chi connectivity index (χ4n) is 4.32. The van der Waals surface area contributed by atoms with E-state index in [0.29, 0.717) is 33.9 Å². The van der Waals surface area contributed by atoms with Gasteiger partial charge in [0.1, 0.15) is 0 Å². The van der Waals surface area contributed by atoms with Crippen molar-refractivity contribution in [3.63, 3.8) is 0 Å². The molecule has 0 heterocycles. The summed E-state index contributed by atoms with van der Waals surface area (Å²) in [5, 5.41) is 20.5. The standard InChI is InChI=1S/C34H36O9/c1-21(7-11-24-12-16-29(39-2)34(43-6)33(24)42-5)27-17-23(19-31(41-4)32(27)38)9-14-26(36)20-25(35)13-8-22-10-15-28(37)30(18-22)40-3/h7-19,21,37-38H,20H2,1-6H3/b11-7+,13-8+,14-9+. The van der Waals surface area contributed by atoms with E-state index in [1.54, 1.807) is 56.7 Å². The molecule has 0 radical (unpaired) electrons. The van der Waals surface area contributed by atoms with E-state index < -0.39 is 0 Å². The zero-order valence-corrected chi connectivity index (χ0v) is 25.0. The highest BCUT2D eigenvalue weighted by molar-refractivity contribution is 6.10. The second kappa shape index (κ2) is 15.2. The normalized spacial score (nSPS) is 12.0. The molecule has 0 bridgehead atoms. The Hall–Kier alpha value is -5.18. The largest absolute Gasteiger partial charge is 0.504 e. The first-order chi connectivity index (χ1) is 20.6. The summed E-state index contributed by atoms with van der Waals surface area (Å²) < 4.78 is 26.8. The highest BCUT2D eigenvalue weighted by atomic mass is 16.5. The van der Waals surface area contributed by atoms with E-state index in [1.165, 1.54) is 39.5 Å². The Balaban J connectivity index is 1.77. The van der Waals surface area contributed by atoms with Gasteiger partial charge in [-0.05, 0) is 59.7 Å². The van der Waals surface area contributed by atoms with Crippen LogP contribution in [-0.2, 0) is 9.59 Å². The number of phenols is 2. The van der Waals surface area contributed by atoms with Gasteiger partial charge in [-0.25, -0.2) is 0 Å². The number of phenolic OH excluding ortho intramolecular Hbond substituents is 2. The van der Waals surface area contributed by atoms with Crippen LogP contribution in [0.3, 0.4) is 0 Å². The van der Waals surface area contributed by atoms with Crippen molar-refractivity contribution in [1.82, 2.24) is 0 Å². The highest BCUT2D eigenvalue weighted by Gasteiger charge is 2.17. The van der Waals surface area contributed by atoms with Gasteiger partial charge in [-0.15, -0.1) is 0 Å². The minimum atomic E-state index is -0.389. The van der Waals surface area contributed by atoms with Gasteiger partial charge >= 0.3 is 0 Å². The van der Waals surface area contributed by atoms with E-state index in [-0.39, 0.29) is 46.9 Å². The lowest BCUT2D eigenvalue weighted by atomic mass is 9.95. The van der Waals surface area contributed by atoms with Crippen molar-refractivity contribution in [3.05, 3.63) is 82.9 Å². The quantitative estimate of drug-likeness (QED) is 0.167. The molecule has 3 rings (SSSR count). The number of aromatic hydroxyl groups is 2. The smallest absolute Gasteiger partial charge is 0.203 e. The van der Waals surface area contributed by atoms with Crippen molar-refractivity contribution in [2.24, 2.45) is 0 Å². The molecule has 0 fully saturated rings. The van der Waals surface area contributed by atoms with Crippen LogP contribution in [0.5, 0.6) is 40.2 Å². The Morgan fingerprint density at radius 1 is 0.698 bits per heavy atom. The van der Waals surface area contributed by atoms with Crippen molar-refractivity contribution in [2.45, 2.75) is 19.3 Å². The van der Waals surface area contributed by atoms with Crippen LogP contribution in [0, 0.1) is 0 Å². The average Bonchev–Trinajstić information content (AvgIpc) is 3.01. The number of hydrogen-bond acceptors (Lipinski definition) is 9. The van der Waals surface area contributed by atoms with Gasteiger partial charge in [0.2, 0.25) is 5.75 Å². The molecule has 0 spiro atoms. The molecule has 0 aliphatic rings. The van der Waals surface area contributed by atoms with Gasteiger partial charge in [0.25, 0.3) is 0 Å². The molecule has 0 amide bonds. The molecule has 1 atom stereocenters. The lowest BCUT2D eigenvalue weighted by Gasteiger charge is -2.16. The first-order valence-electron chi connectivity index (χ1n) is 13.3. The maximum Gasteiger partial charge on any atom is 0.203 e. The molecule has 0 aliphatic heterocycles. The van der Waals surface area contributed by atoms with Crippen LogP contribution in [0.25, 0.3) is 18.2 Å². The Morgan fingerprint density at radius 2 is 1.30 bits per heavy atom. The topological polar surface area (TPSA) is 121 Å². The van der Waals surface area contributed by atoms with E-state index >= 15 is 0 Å². The first kappa shape index (κ1) is 32.3. The maximum absolute atomic E-state index is 12.5. The van der Waals surface area contributed by atoms with Gasteiger partial charge in [-0.3, -0.25) is 9.59 Å². The number of carbonyl (C=O) groups is 2. The average molecular weight is 589 g/mol. The number of rotatable bonds is 14. The number of carbonyl (C=O) groups excluding carboxylic acids is 2. The van der Waals surface area contributed by atoms with Crippen molar-refractivity contribution >= 4 is 29.8 Å². The third kappa shape index (κ3) is 8.19. The SMILES string of the molecule is COc1cc(/C=C/C(=O)CC(=O)/C=C/c2cc(OC)c(O)c(C(C)/C=C/c3ccc(OC)c(OC)c3OC)c2)ccc1O. The summed E-state index contributed by atoms with van der Waals surface area (Å²) in [7, 11) is 7.50. The van der Waals surface area contributed by atoms with Gasteiger partial charge < -0.3 is 33.9 Å². The third-order valence-corrected chi connectivity index (χ3v) is 6.61. The first-order valence-corrected chi connectivity index (χ1v) is 13.3. The van der Waals surface area contributed by atoms with Gasteiger partial charge in [0.15, 0.2) is 46.1 Å². The van der Waals surface area contributed by atoms with E-state index in [9.17, 15) is 19.8 Å². The van der Waals surface area contributed by atoms with Gasteiger partial charge in [0, 0.05) is 17.0 Å². The van der Waals surface area contributed by atoms with Gasteiger partial charge in [0.05, 0.1) is 42.0 Å². The summed E-state index contributed by atoms with van der Waals surface area (Å²) in [5.41, 5.74) is 2.58. The predicted octanol–water partition coefficient (Wildman–Crippen LogP) is 6.21. The number of ether oxygens (including phenoxy) is 5. The lowest BCUT2D eigenvalue weighted by Crippen LogP contribution is -2.02. The number of hydrogen-bond donors (Lipinski definition) is 2. The molecule has 43 heavy (non-hydrogen) atoms. The molecule has 3 aromatic rings. The third-order valence-electron chi connectivity index (χ3n) is 6.61. The number of ketones is 2. The van der Waals surface area contributed by atoms with Crippen molar-refractivity contribution < 1.29 is 43.5 Å². The minimum Gasteiger partial charge on any atom is -0.504 e. The van der Waals surface area contributed by atoms with Crippen LogP contribution in [0.1, 0.15) is 41.5 Å². The van der Waals surface area contributed by atoms with Crippen LogP contribution in [0.2, 0.25) is 0 Å². The molecular formula is C34H36O9. The summed E-state index contributed by atoms with van der Waals surface area (Å²) >= 11 is 0. The van der Waals surface area contributed by atoms with Crippen molar-refractivity contribution in [1.29, 1.82) is 0 Å². The minimum absolute atomic E-state index is 0.0103. The number of allylic oxidation sites excluding steroid dienone is 3. The van der Waals surface area contributed by atoms with Crippen LogP contribution >= 0.6 is 0 Å². The Kier molecular flexibility index (Phi) is 11.4. The van der Waals surface area contributed by atoms with E-state index in [1.807, 2.05) is 25.1 Å². The van der Waals surface area contributed by atoms with Crippen molar-refractivity contribution in [2.75, 3.05) is 35.5 Å². The van der Waals surface area contributed by atoms with Gasteiger partial charge in [-0.1, -0.05) is 37.3 Å². The van der Waals surface area contributed by atoms with Crippen molar-refractivity contribution in [3.8, 4) is 40.2 Å². The molecule has 3 aromatic carbocycles.